The van der Waals surface area contributed by atoms with E-state index in [0.717, 1.165) is 0 Å². The minimum atomic E-state index is -0.616. The third-order valence-electron chi connectivity index (χ3n) is 2.57. The summed E-state index contributed by atoms with van der Waals surface area (Å²) in [5, 5.41) is 16.7. The normalized spacial score (nSPS) is 14.2. The Kier molecular flexibility index (Phi) is 3.94. The molecule has 1 aromatic carbocycles. The summed E-state index contributed by atoms with van der Waals surface area (Å²) in [6, 6.07) is 3.84. The molecule has 0 fully saturated rings. The highest BCUT2D eigenvalue weighted by Gasteiger charge is 2.19. The SMILES string of the molecule is O=C1CCC(C(=O)Nc2ccc([N+](=O)[O-])c(Cl)c2)=NN1. The van der Waals surface area contributed by atoms with Crippen LogP contribution in [-0.4, -0.2) is 22.4 Å². The van der Waals surface area contributed by atoms with E-state index in [1.807, 2.05) is 0 Å². The molecule has 1 aromatic rings. The number of carbonyl (C=O) groups excluding carboxylic acids is 2. The van der Waals surface area contributed by atoms with Crippen molar-refractivity contribution in [1.29, 1.82) is 0 Å². The topological polar surface area (TPSA) is 114 Å². The van der Waals surface area contributed by atoms with Crippen molar-refractivity contribution in [3.8, 4) is 0 Å². The minimum absolute atomic E-state index is 0.0771. The van der Waals surface area contributed by atoms with Gasteiger partial charge in [0, 0.05) is 24.6 Å². The van der Waals surface area contributed by atoms with Crippen LogP contribution in [0.3, 0.4) is 0 Å². The Morgan fingerprint density at radius 2 is 2.20 bits per heavy atom. The largest absolute Gasteiger partial charge is 0.321 e. The number of nitro benzene ring substituents is 1. The Hall–Kier alpha value is -2.48. The number of nitrogens with zero attached hydrogens (tertiary/aromatic N) is 2. The lowest BCUT2D eigenvalue weighted by Gasteiger charge is -2.12. The van der Waals surface area contributed by atoms with Crippen molar-refractivity contribution in [2.24, 2.45) is 5.10 Å². The highest BCUT2D eigenvalue weighted by Crippen LogP contribution is 2.27. The second-order valence-corrected chi connectivity index (χ2v) is 4.38. The molecule has 20 heavy (non-hydrogen) atoms. The summed E-state index contributed by atoms with van der Waals surface area (Å²) in [5.74, 6) is -0.741. The molecule has 1 heterocycles. The number of rotatable bonds is 3. The summed E-state index contributed by atoms with van der Waals surface area (Å²) in [4.78, 5) is 32.7. The van der Waals surface area contributed by atoms with E-state index in [4.69, 9.17) is 11.6 Å². The molecule has 8 nitrogen and oxygen atoms in total. The van der Waals surface area contributed by atoms with Gasteiger partial charge in [-0.25, -0.2) is 5.43 Å². The fraction of sp³-hybridized carbons (Fsp3) is 0.182. The molecule has 2 rings (SSSR count). The second kappa shape index (κ2) is 5.66. The van der Waals surface area contributed by atoms with Crippen LogP contribution >= 0.6 is 11.6 Å². The van der Waals surface area contributed by atoms with E-state index in [0.29, 0.717) is 5.69 Å². The maximum Gasteiger partial charge on any atom is 0.288 e. The van der Waals surface area contributed by atoms with E-state index in [1.54, 1.807) is 0 Å². The van der Waals surface area contributed by atoms with Crippen LogP contribution in [0, 0.1) is 10.1 Å². The molecule has 0 radical (unpaired) electrons. The van der Waals surface area contributed by atoms with Crippen molar-refractivity contribution in [2.75, 3.05) is 5.32 Å². The first-order valence-corrected chi connectivity index (χ1v) is 5.96. The van der Waals surface area contributed by atoms with E-state index in [-0.39, 0.29) is 35.2 Å². The van der Waals surface area contributed by atoms with Crippen LogP contribution in [0.2, 0.25) is 5.02 Å². The summed E-state index contributed by atoms with van der Waals surface area (Å²) < 4.78 is 0. The third kappa shape index (κ3) is 3.09. The van der Waals surface area contributed by atoms with Gasteiger partial charge in [0.05, 0.1) is 4.92 Å². The van der Waals surface area contributed by atoms with Crippen molar-refractivity contribution < 1.29 is 14.5 Å². The predicted octanol–water partition coefficient (Wildman–Crippen LogP) is 1.45. The highest BCUT2D eigenvalue weighted by atomic mass is 35.5. The molecule has 2 N–H and O–H groups in total. The maximum atomic E-state index is 11.8. The van der Waals surface area contributed by atoms with Crippen molar-refractivity contribution >= 4 is 40.5 Å². The molecular formula is C11H9ClN4O4. The first-order chi connectivity index (χ1) is 9.47. The summed E-state index contributed by atoms with van der Waals surface area (Å²) in [6.45, 7) is 0. The zero-order valence-electron chi connectivity index (χ0n) is 10.1. The molecule has 2 amide bonds. The lowest BCUT2D eigenvalue weighted by atomic mass is 10.1. The summed E-state index contributed by atoms with van der Waals surface area (Å²) in [7, 11) is 0. The number of hydrogen-bond donors (Lipinski definition) is 2. The molecule has 0 unspecified atom stereocenters. The van der Waals surface area contributed by atoms with Gasteiger partial charge in [-0.1, -0.05) is 11.6 Å². The lowest BCUT2D eigenvalue weighted by Crippen LogP contribution is -2.32. The molecule has 1 aliphatic rings. The molecule has 0 bridgehead atoms. The van der Waals surface area contributed by atoms with Crippen LogP contribution in [0.1, 0.15) is 12.8 Å². The maximum absolute atomic E-state index is 11.8. The molecule has 0 atom stereocenters. The number of nitro groups is 1. The number of amides is 2. The third-order valence-corrected chi connectivity index (χ3v) is 2.87. The van der Waals surface area contributed by atoms with Crippen LogP contribution in [0.4, 0.5) is 11.4 Å². The Morgan fingerprint density at radius 1 is 1.45 bits per heavy atom. The average Bonchev–Trinajstić information content (AvgIpc) is 2.39. The van der Waals surface area contributed by atoms with E-state index in [9.17, 15) is 19.7 Å². The van der Waals surface area contributed by atoms with Crippen LogP contribution < -0.4 is 10.7 Å². The zero-order chi connectivity index (χ0) is 14.7. The molecule has 0 spiro atoms. The molecular weight excluding hydrogens is 288 g/mol. The molecule has 0 aromatic heterocycles. The van der Waals surface area contributed by atoms with Gasteiger partial charge in [0.25, 0.3) is 11.6 Å². The minimum Gasteiger partial charge on any atom is -0.321 e. The predicted molar refractivity (Wildman–Crippen MR) is 71.5 cm³/mol. The van der Waals surface area contributed by atoms with Gasteiger partial charge >= 0.3 is 0 Å². The van der Waals surface area contributed by atoms with Crippen molar-refractivity contribution in [2.45, 2.75) is 12.8 Å². The van der Waals surface area contributed by atoms with Gasteiger partial charge in [-0.05, 0) is 12.1 Å². The van der Waals surface area contributed by atoms with Gasteiger partial charge in [-0.3, -0.25) is 19.7 Å². The van der Waals surface area contributed by atoms with Crippen molar-refractivity contribution in [3.05, 3.63) is 33.3 Å². The summed E-state index contributed by atoms with van der Waals surface area (Å²) >= 11 is 5.73. The number of hydrazone groups is 1. The van der Waals surface area contributed by atoms with Gasteiger partial charge < -0.3 is 5.32 Å². The second-order valence-electron chi connectivity index (χ2n) is 3.97. The van der Waals surface area contributed by atoms with Crippen LogP contribution in [-0.2, 0) is 9.59 Å². The first-order valence-electron chi connectivity index (χ1n) is 5.58. The molecule has 104 valence electrons. The van der Waals surface area contributed by atoms with E-state index < -0.39 is 10.8 Å². The van der Waals surface area contributed by atoms with E-state index in [1.165, 1.54) is 18.2 Å². The Labute approximate surface area is 117 Å². The number of anilines is 1. The van der Waals surface area contributed by atoms with E-state index in [2.05, 4.69) is 15.8 Å². The molecule has 0 aliphatic carbocycles. The fourth-order valence-corrected chi connectivity index (χ4v) is 1.82. The van der Waals surface area contributed by atoms with Crippen molar-refractivity contribution in [1.82, 2.24) is 5.43 Å². The molecule has 0 saturated carbocycles. The molecule has 9 heteroatoms. The van der Waals surface area contributed by atoms with Crippen LogP contribution in [0.5, 0.6) is 0 Å². The first kappa shape index (κ1) is 13.9. The summed E-state index contributed by atoms with van der Waals surface area (Å²) in [5.41, 5.74) is 2.45. The number of nitrogens with one attached hydrogen (secondary N) is 2. The number of benzene rings is 1. The van der Waals surface area contributed by atoms with Gasteiger partial charge in [-0.2, -0.15) is 5.10 Å². The van der Waals surface area contributed by atoms with E-state index >= 15 is 0 Å². The Balaban J connectivity index is 2.10. The standard InChI is InChI=1S/C11H9ClN4O4/c12-7-5-6(1-3-9(7)16(19)20)13-11(18)8-2-4-10(17)15-14-8/h1,3,5H,2,4H2,(H,13,18)(H,15,17). The lowest BCUT2D eigenvalue weighted by molar-refractivity contribution is -0.384. The van der Waals surface area contributed by atoms with Crippen molar-refractivity contribution in [3.63, 3.8) is 0 Å². The molecule has 1 aliphatic heterocycles. The summed E-state index contributed by atoms with van der Waals surface area (Å²) in [6.07, 6.45) is 0.422. The molecule has 0 saturated heterocycles. The highest BCUT2D eigenvalue weighted by molar-refractivity contribution is 6.43. The fourth-order valence-electron chi connectivity index (χ4n) is 1.57. The van der Waals surface area contributed by atoms with Crippen LogP contribution in [0.15, 0.2) is 23.3 Å². The number of hydrogen-bond acceptors (Lipinski definition) is 5. The number of carbonyl (C=O) groups is 2. The average molecular weight is 297 g/mol. The monoisotopic (exact) mass is 296 g/mol. The Bertz CT molecular complexity index is 629. The van der Waals surface area contributed by atoms with Crippen LogP contribution in [0.25, 0.3) is 0 Å². The Morgan fingerprint density at radius 3 is 2.75 bits per heavy atom. The van der Waals surface area contributed by atoms with Gasteiger partial charge in [0.1, 0.15) is 10.7 Å². The van der Waals surface area contributed by atoms with Gasteiger partial charge in [0.2, 0.25) is 5.91 Å². The zero-order valence-corrected chi connectivity index (χ0v) is 10.8. The van der Waals surface area contributed by atoms with Gasteiger partial charge in [-0.15, -0.1) is 0 Å². The van der Waals surface area contributed by atoms with Gasteiger partial charge in [0.15, 0.2) is 0 Å². The smallest absolute Gasteiger partial charge is 0.288 e. The number of halogens is 1. The quantitative estimate of drug-likeness (QED) is 0.649.